The Bertz CT molecular complexity index is 477. The zero-order chi connectivity index (χ0) is 17.2. The predicted molar refractivity (Wildman–Crippen MR) is 94.0 cm³/mol. The van der Waals surface area contributed by atoms with Gasteiger partial charge in [-0.2, -0.15) is 0 Å². The number of nitrogens with zero attached hydrogens (tertiary/aromatic N) is 1. The maximum atomic E-state index is 12.3. The van der Waals surface area contributed by atoms with Gasteiger partial charge in [0.2, 0.25) is 0 Å². The fourth-order valence-electron chi connectivity index (χ4n) is 3.95. The molecule has 2 aliphatic heterocycles. The molecule has 1 aliphatic carbocycles. The lowest BCUT2D eigenvalue weighted by atomic mass is 9.81. The average Bonchev–Trinajstić information content (AvgIpc) is 2.53. The van der Waals surface area contributed by atoms with Gasteiger partial charge in [-0.15, -0.1) is 0 Å². The van der Waals surface area contributed by atoms with Crippen LogP contribution in [0.25, 0.3) is 0 Å². The molecule has 5 heteroatoms. The minimum atomic E-state index is -0.418. The number of nitrogens with one attached hydrogen (secondary N) is 1. The van der Waals surface area contributed by atoms with Crippen LogP contribution in [0.1, 0.15) is 52.9 Å². The number of fused-ring (bicyclic) bond motifs is 1. The van der Waals surface area contributed by atoms with Gasteiger partial charge in [-0.3, -0.25) is 0 Å². The minimum Gasteiger partial charge on any atom is -0.444 e. The van der Waals surface area contributed by atoms with Crippen molar-refractivity contribution in [3.05, 3.63) is 11.6 Å². The van der Waals surface area contributed by atoms with Crippen LogP contribution in [0.3, 0.4) is 0 Å². The van der Waals surface area contributed by atoms with Crippen molar-refractivity contribution in [3.8, 4) is 0 Å². The second kappa shape index (κ2) is 7.44. The molecule has 3 aliphatic rings. The lowest BCUT2D eigenvalue weighted by Gasteiger charge is -2.39. The maximum Gasteiger partial charge on any atom is 0.410 e. The number of likely N-dealkylation sites (tertiary alicyclic amines) is 1. The van der Waals surface area contributed by atoms with Crippen LogP contribution in [-0.4, -0.2) is 55.0 Å². The van der Waals surface area contributed by atoms with Crippen LogP contribution < -0.4 is 5.32 Å². The molecule has 2 unspecified atom stereocenters. The molecule has 3 rings (SSSR count). The minimum absolute atomic E-state index is 0.163. The van der Waals surface area contributed by atoms with E-state index < -0.39 is 5.60 Å². The Labute approximate surface area is 145 Å². The van der Waals surface area contributed by atoms with Gasteiger partial charge in [-0.1, -0.05) is 11.6 Å². The highest BCUT2D eigenvalue weighted by atomic mass is 16.6. The molecular formula is C19H32N2O3. The van der Waals surface area contributed by atoms with Crippen LogP contribution in [0.2, 0.25) is 0 Å². The van der Waals surface area contributed by atoms with Gasteiger partial charge in [0.1, 0.15) is 5.60 Å². The van der Waals surface area contributed by atoms with Gasteiger partial charge in [0.15, 0.2) is 0 Å². The first-order chi connectivity index (χ1) is 11.4. The topological polar surface area (TPSA) is 50.8 Å². The van der Waals surface area contributed by atoms with E-state index in [4.69, 9.17) is 9.47 Å². The lowest BCUT2D eigenvalue weighted by molar-refractivity contribution is 0.0195. The molecular weight excluding hydrogens is 304 g/mol. The third kappa shape index (κ3) is 4.73. The van der Waals surface area contributed by atoms with Gasteiger partial charge < -0.3 is 19.7 Å². The first-order valence-corrected chi connectivity index (χ1v) is 9.43. The smallest absolute Gasteiger partial charge is 0.410 e. The summed E-state index contributed by atoms with van der Waals surface area (Å²) >= 11 is 0. The first kappa shape index (κ1) is 17.7. The van der Waals surface area contributed by atoms with Crippen LogP contribution in [0.4, 0.5) is 4.79 Å². The van der Waals surface area contributed by atoms with E-state index in [0.29, 0.717) is 18.0 Å². The normalized spacial score (nSPS) is 29.0. The van der Waals surface area contributed by atoms with E-state index in [1.807, 2.05) is 25.7 Å². The Hall–Kier alpha value is -1.07. The highest BCUT2D eigenvalue weighted by Crippen LogP contribution is 2.32. The van der Waals surface area contributed by atoms with Crippen LogP contribution in [-0.2, 0) is 9.47 Å². The SMILES string of the molecule is CC(C)(C)OC(=O)N1CCC2=CC(NC3CCOCC3)CCC2C1. The largest absolute Gasteiger partial charge is 0.444 e. The molecule has 136 valence electrons. The molecule has 0 radical (unpaired) electrons. The van der Waals surface area contributed by atoms with Crippen molar-refractivity contribution in [2.45, 2.75) is 70.6 Å². The van der Waals surface area contributed by atoms with Gasteiger partial charge in [-0.25, -0.2) is 4.79 Å². The molecule has 1 N–H and O–H groups in total. The second-order valence-corrected chi connectivity index (χ2v) is 8.35. The summed E-state index contributed by atoms with van der Waals surface area (Å²) in [5, 5.41) is 3.79. The Morgan fingerprint density at radius 1 is 1.25 bits per heavy atom. The molecule has 0 bridgehead atoms. The molecule has 0 aromatic heterocycles. The molecule has 2 atom stereocenters. The van der Waals surface area contributed by atoms with Crippen molar-refractivity contribution in [3.63, 3.8) is 0 Å². The molecule has 1 amide bonds. The predicted octanol–water partition coefficient (Wildman–Crippen LogP) is 3.10. The first-order valence-electron chi connectivity index (χ1n) is 9.43. The second-order valence-electron chi connectivity index (χ2n) is 8.35. The van der Waals surface area contributed by atoms with Crippen molar-refractivity contribution >= 4 is 6.09 Å². The third-order valence-corrected chi connectivity index (χ3v) is 5.20. The van der Waals surface area contributed by atoms with Gasteiger partial charge in [0.25, 0.3) is 0 Å². The van der Waals surface area contributed by atoms with Crippen LogP contribution in [0.15, 0.2) is 11.6 Å². The van der Waals surface area contributed by atoms with Crippen molar-refractivity contribution in [1.82, 2.24) is 10.2 Å². The molecule has 5 nitrogen and oxygen atoms in total. The van der Waals surface area contributed by atoms with E-state index in [-0.39, 0.29) is 6.09 Å². The summed E-state index contributed by atoms with van der Waals surface area (Å²) in [6.45, 7) is 9.13. The van der Waals surface area contributed by atoms with E-state index in [1.54, 1.807) is 0 Å². The van der Waals surface area contributed by atoms with E-state index in [9.17, 15) is 4.79 Å². The third-order valence-electron chi connectivity index (χ3n) is 5.20. The van der Waals surface area contributed by atoms with E-state index in [1.165, 1.54) is 5.57 Å². The summed E-state index contributed by atoms with van der Waals surface area (Å²) in [5.41, 5.74) is 1.11. The van der Waals surface area contributed by atoms with Gasteiger partial charge >= 0.3 is 6.09 Å². The molecule has 0 saturated carbocycles. The monoisotopic (exact) mass is 336 g/mol. The molecule has 0 spiro atoms. The molecule has 2 fully saturated rings. The van der Waals surface area contributed by atoms with Crippen molar-refractivity contribution in [1.29, 1.82) is 0 Å². The number of amides is 1. The van der Waals surface area contributed by atoms with Gasteiger partial charge in [-0.05, 0) is 58.8 Å². The van der Waals surface area contributed by atoms with E-state index in [2.05, 4.69) is 11.4 Å². The summed E-state index contributed by atoms with van der Waals surface area (Å²) in [6.07, 6.45) is 7.82. The van der Waals surface area contributed by atoms with E-state index >= 15 is 0 Å². The van der Waals surface area contributed by atoms with Crippen LogP contribution in [0, 0.1) is 5.92 Å². The van der Waals surface area contributed by atoms with Crippen molar-refractivity contribution < 1.29 is 14.3 Å². The summed E-state index contributed by atoms with van der Waals surface area (Å²) in [7, 11) is 0. The summed E-state index contributed by atoms with van der Waals surface area (Å²) in [6, 6.07) is 1.09. The number of rotatable bonds is 2. The Morgan fingerprint density at radius 2 is 2.00 bits per heavy atom. The highest BCUT2D eigenvalue weighted by molar-refractivity contribution is 5.68. The van der Waals surface area contributed by atoms with Crippen molar-refractivity contribution in [2.24, 2.45) is 5.92 Å². The van der Waals surface area contributed by atoms with Gasteiger partial charge in [0, 0.05) is 38.4 Å². The lowest BCUT2D eigenvalue weighted by Crippen LogP contribution is -2.47. The number of piperidine rings is 1. The van der Waals surface area contributed by atoms with Gasteiger partial charge in [0.05, 0.1) is 0 Å². The molecule has 0 aromatic rings. The van der Waals surface area contributed by atoms with Crippen LogP contribution >= 0.6 is 0 Å². The number of ether oxygens (including phenoxy) is 2. The fraction of sp³-hybridized carbons (Fsp3) is 0.842. The Kier molecular flexibility index (Phi) is 5.50. The fourth-order valence-corrected chi connectivity index (χ4v) is 3.95. The van der Waals surface area contributed by atoms with Crippen LogP contribution in [0.5, 0.6) is 0 Å². The molecule has 24 heavy (non-hydrogen) atoms. The Morgan fingerprint density at radius 3 is 2.71 bits per heavy atom. The highest BCUT2D eigenvalue weighted by Gasteiger charge is 2.33. The number of hydrogen-bond donors (Lipinski definition) is 1. The van der Waals surface area contributed by atoms with Crippen molar-refractivity contribution in [2.75, 3.05) is 26.3 Å². The summed E-state index contributed by atoms with van der Waals surface area (Å²) < 4.78 is 11.0. The molecule has 0 aromatic carbocycles. The zero-order valence-electron chi connectivity index (χ0n) is 15.3. The number of hydrogen-bond acceptors (Lipinski definition) is 4. The molecule has 2 saturated heterocycles. The maximum absolute atomic E-state index is 12.3. The quantitative estimate of drug-likeness (QED) is 0.787. The average molecular weight is 336 g/mol. The summed E-state index contributed by atoms with van der Waals surface area (Å²) in [4.78, 5) is 14.2. The number of carbonyl (C=O) groups is 1. The van der Waals surface area contributed by atoms with E-state index in [0.717, 1.165) is 58.4 Å². The Balaban J connectivity index is 1.53. The zero-order valence-corrected chi connectivity index (χ0v) is 15.3. The standard InChI is InChI=1S/C19H32N2O3/c1-19(2,3)24-18(22)21-9-6-14-12-17(5-4-15(14)13-21)20-16-7-10-23-11-8-16/h12,15-17,20H,4-11,13H2,1-3H3. The summed E-state index contributed by atoms with van der Waals surface area (Å²) in [5.74, 6) is 0.513. The molecule has 2 heterocycles. The number of carbonyl (C=O) groups excluding carboxylic acids is 1.